The standard InChI is InChI=1S/C15H15FN2O3/c1-9-6-12(9)15-5-3-11(21-15)8-17-14-7-10(18(19)20)2-4-13(14)16/h2-5,7,9,12,17H,6,8H2,1H3. The second-order valence-corrected chi connectivity index (χ2v) is 5.40. The number of anilines is 1. The van der Waals surface area contributed by atoms with E-state index in [9.17, 15) is 14.5 Å². The summed E-state index contributed by atoms with van der Waals surface area (Å²) in [5.74, 6) is 2.27. The van der Waals surface area contributed by atoms with Gasteiger partial charge in [-0.05, 0) is 30.5 Å². The molecule has 21 heavy (non-hydrogen) atoms. The first-order valence-corrected chi connectivity index (χ1v) is 6.81. The summed E-state index contributed by atoms with van der Waals surface area (Å²) in [7, 11) is 0. The minimum Gasteiger partial charge on any atom is -0.464 e. The molecule has 0 saturated heterocycles. The quantitative estimate of drug-likeness (QED) is 0.666. The van der Waals surface area contributed by atoms with E-state index in [0.717, 1.165) is 24.3 Å². The Kier molecular flexibility index (Phi) is 3.37. The molecular formula is C15H15FN2O3. The molecule has 110 valence electrons. The highest BCUT2D eigenvalue weighted by Gasteiger charge is 2.36. The van der Waals surface area contributed by atoms with E-state index in [2.05, 4.69) is 12.2 Å². The number of benzene rings is 1. The number of rotatable bonds is 5. The van der Waals surface area contributed by atoms with Gasteiger partial charge in [-0.25, -0.2) is 4.39 Å². The van der Waals surface area contributed by atoms with Crippen molar-refractivity contribution in [2.24, 2.45) is 5.92 Å². The van der Waals surface area contributed by atoms with Crippen LogP contribution in [0.4, 0.5) is 15.8 Å². The van der Waals surface area contributed by atoms with Gasteiger partial charge in [0, 0.05) is 18.1 Å². The summed E-state index contributed by atoms with van der Waals surface area (Å²) in [6, 6.07) is 7.19. The Morgan fingerprint density at radius 3 is 2.86 bits per heavy atom. The van der Waals surface area contributed by atoms with E-state index < -0.39 is 10.7 Å². The summed E-state index contributed by atoms with van der Waals surface area (Å²) < 4.78 is 19.3. The predicted molar refractivity (Wildman–Crippen MR) is 75.6 cm³/mol. The van der Waals surface area contributed by atoms with Gasteiger partial charge in [0.05, 0.1) is 17.2 Å². The number of nitrogens with zero attached hydrogens (tertiary/aromatic N) is 1. The highest BCUT2D eigenvalue weighted by Crippen LogP contribution is 2.47. The fourth-order valence-electron chi connectivity index (χ4n) is 2.35. The first-order valence-electron chi connectivity index (χ1n) is 6.81. The Morgan fingerprint density at radius 2 is 2.19 bits per heavy atom. The summed E-state index contributed by atoms with van der Waals surface area (Å²) in [5.41, 5.74) is -0.0484. The first-order chi connectivity index (χ1) is 10.0. The average Bonchev–Trinajstić information content (AvgIpc) is 3.00. The minimum absolute atomic E-state index is 0.0990. The average molecular weight is 290 g/mol. The van der Waals surface area contributed by atoms with Crippen LogP contribution in [-0.4, -0.2) is 4.92 Å². The van der Waals surface area contributed by atoms with Gasteiger partial charge in [0.1, 0.15) is 17.3 Å². The fourth-order valence-corrected chi connectivity index (χ4v) is 2.35. The third kappa shape index (κ3) is 2.89. The molecule has 0 spiro atoms. The lowest BCUT2D eigenvalue weighted by Crippen LogP contribution is -2.01. The molecule has 1 aromatic heterocycles. The number of nitro groups is 1. The lowest BCUT2D eigenvalue weighted by atomic mass is 10.2. The molecule has 0 radical (unpaired) electrons. The van der Waals surface area contributed by atoms with Gasteiger partial charge >= 0.3 is 0 Å². The van der Waals surface area contributed by atoms with E-state index in [1.165, 1.54) is 6.07 Å². The summed E-state index contributed by atoms with van der Waals surface area (Å²) in [4.78, 5) is 10.1. The lowest BCUT2D eigenvalue weighted by molar-refractivity contribution is -0.384. The molecule has 2 atom stereocenters. The molecule has 1 fully saturated rings. The number of non-ortho nitro benzene ring substituents is 1. The summed E-state index contributed by atoms with van der Waals surface area (Å²) >= 11 is 0. The number of hydrogen-bond acceptors (Lipinski definition) is 4. The maximum absolute atomic E-state index is 13.6. The Morgan fingerprint density at radius 1 is 1.43 bits per heavy atom. The summed E-state index contributed by atoms with van der Waals surface area (Å²) in [6.07, 6.45) is 1.14. The molecule has 0 amide bonds. The van der Waals surface area contributed by atoms with Crippen molar-refractivity contribution in [1.29, 1.82) is 0 Å². The van der Waals surface area contributed by atoms with Crippen molar-refractivity contribution in [3.63, 3.8) is 0 Å². The van der Waals surface area contributed by atoms with E-state index in [4.69, 9.17) is 4.42 Å². The van der Waals surface area contributed by atoms with E-state index in [-0.39, 0.29) is 11.4 Å². The maximum Gasteiger partial charge on any atom is 0.271 e. The Hall–Kier alpha value is -2.37. The van der Waals surface area contributed by atoms with Crippen LogP contribution in [-0.2, 0) is 6.54 Å². The third-order valence-electron chi connectivity index (χ3n) is 3.77. The highest BCUT2D eigenvalue weighted by molar-refractivity contribution is 5.52. The summed E-state index contributed by atoms with van der Waals surface area (Å²) in [6.45, 7) is 2.46. The molecule has 0 bridgehead atoms. The monoisotopic (exact) mass is 290 g/mol. The molecular weight excluding hydrogens is 275 g/mol. The van der Waals surface area contributed by atoms with Gasteiger partial charge in [0.2, 0.25) is 0 Å². The number of nitrogens with one attached hydrogen (secondary N) is 1. The molecule has 1 N–H and O–H groups in total. The highest BCUT2D eigenvalue weighted by atomic mass is 19.1. The van der Waals surface area contributed by atoms with Gasteiger partial charge in [-0.3, -0.25) is 10.1 Å². The molecule has 2 unspecified atom stereocenters. The smallest absolute Gasteiger partial charge is 0.271 e. The normalized spacial score (nSPS) is 20.3. The Balaban J connectivity index is 1.68. The third-order valence-corrected chi connectivity index (χ3v) is 3.77. The second kappa shape index (κ2) is 5.20. The van der Waals surface area contributed by atoms with Crippen molar-refractivity contribution >= 4 is 11.4 Å². The van der Waals surface area contributed by atoms with Crippen LogP contribution >= 0.6 is 0 Å². The second-order valence-electron chi connectivity index (χ2n) is 5.40. The SMILES string of the molecule is CC1CC1c1ccc(CNc2cc([N+](=O)[O-])ccc2F)o1. The van der Waals surface area contributed by atoms with Crippen molar-refractivity contribution < 1.29 is 13.7 Å². The Bertz CT molecular complexity index is 683. The van der Waals surface area contributed by atoms with Crippen LogP contribution < -0.4 is 5.32 Å². The van der Waals surface area contributed by atoms with Crippen molar-refractivity contribution in [2.75, 3.05) is 5.32 Å². The van der Waals surface area contributed by atoms with Gasteiger partial charge in [0.15, 0.2) is 0 Å². The van der Waals surface area contributed by atoms with Crippen LogP contribution in [0.2, 0.25) is 0 Å². The molecule has 6 heteroatoms. The van der Waals surface area contributed by atoms with Gasteiger partial charge in [-0.2, -0.15) is 0 Å². The van der Waals surface area contributed by atoms with E-state index in [0.29, 0.717) is 24.1 Å². The van der Waals surface area contributed by atoms with Crippen molar-refractivity contribution in [3.8, 4) is 0 Å². The van der Waals surface area contributed by atoms with E-state index >= 15 is 0 Å². The summed E-state index contributed by atoms with van der Waals surface area (Å²) in [5, 5.41) is 13.5. The van der Waals surface area contributed by atoms with Crippen molar-refractivity contribution in [2.45, 2.75) is 25.8 Å². The van der Waals surface area contributed by atoms with Crippen LogP contribution in [0.25, 0.3) is 0 Å². The van der Waals surface area contributed by atoms with Crippen LogP contribution in [0.1, 0.15) is 30.8 Å². The fraction of sp³-hybridized carbons (Fsp3) is 0.333. The number of furan rings is 1. The van der Waals surface area contributed by atoms with Crippen LogP contribution in [0, 0.1) is 21.8 Å². The van der Waals surface area contributed by atoms with Crippen LogP contribution in [0.5, 0.6) is 0 Å². The predicted octanol–water partition coefficient (Wildman–Crippen LogP) is 4.06. The lowest BCUT2D eigenvalue weighted by Gasteiger charge is -2.05. The molecule has 2 aromatic rings. The minimum atomic E-state index is -0.551. The molecule has 5 nitrogen and oxygen atoms in total. The van der Waals surface area contributed by atoms with Gasteiger partial charge in [-0.15, -0.1) is 0 Å². The van der Waals surface area contributed by atoms with Crippen LogP contribution in [0.15, 0.2) is 34.7 Å². The topological polar surface area (TPSA) is 68.3 Å². The zero-order valence-corrected chi connectivity index (χ0v) is 11.5. The molecule has 1 aromatic carbocycles. The van der Waals surface area contributed by atoms with Crippen LogP contribution in [0.3, 0.4) is 0 Å². The molecule has 1 heterocycles. The van der Waals surface area contributed by atoms with Gasteiger partial charge in [-0.1, -0.05) is 6.92 Å². The van der Waals surface area contributed by atoms with E-state index in [1.54, 1.807) is 0 Å². The first kappa shape index (κ1) is 13.6. The number of nitro benzene ring substituents is 1. The number of halogens is 1. The molecule has 1 aliphatic rings. The van der Waals surface area contributed by atoms with Gasteiger partial charge < -0.3 is 9.73 Å². The van der Waals surface area contributed by atoms with E-state index in [1.807, 2.05) is 12.1 Å². The van der Waals surface area contributed by atoms with Crippen molar-refractivity contribution in [3.05, 3.63) is 57.8 Å². The Labute approximate surface area is 120 Å². The van der Waals surface area contributed by atoms with Crippen molar-refractivity contribution in [1.82, 2.24) is 0 Å². The van der Waals surface area contributed by atoms with Gasteiger partial charge in [0.25, 0.3) is 5.69 Å². The molecule has 3 rings (SSSR count). The largest absolute Gasteiger partial charge is 0.464 e. The zero-order valence-electron chi connectivity index (χ0n) is 11.5. The number of hydrogen-bond donors (Lipinski definition) is 1. The molecule has 0 aliphatic heterocycles. The maximum atomic E-state index is 13.6. The molecule has 1 aliphatic carbocycles. The molecule has 1 saturated carbocycles. The zero-order chi connectivity index (χ0) is 15.0.